The molecule has 0 unspecified atom stereocenters. The summed E-state index contributed by atoms with van der Waals surface area (Å²) in [4.78, 5) is 33.3. The van der Waals surface area contributed by atoms with E-state index in [1.54, 1.807) is 0 Å². The zero-order chi connectivity index (χ0) is 20.9. The van der Waals surface area contributed by atoms with Crippen LogP contribution in [0.25, 0.3) is 0 Å². The first-order valence-corrected chi connectivity index (χ1v) is 10.5. The van der Waals surface area contributed by atoms with Crippen molar-refractivity contribution in [2.24, 2.45) is 5.16 Å². The average Bonchev–Trinajstić information content (AvgIpc) is 3.46. The van der Waals surface area contributed by atoms with Crippen LogP contribution in [0.4, 0.5) is 0 Å². The van der Waals surface area contributed by atoms with Crippen LogP contribution in [0.5, 0.6) is 0 Å². The number of carbonyl (C=O) groups excluding carboxylic acids is 2. The zero-order valence-electron chi connectivity index (χ0n) is 17.2. The molecule has 2 aliphatic heterocycles. The van der Waals surface area contributed by atoms with E-state index in [2.05, 4.69) is 10.5 Å². The third-order valence-corrected chi connectivity index (χ3v) is 5.73. The number of oxime groups is 1. The molecule has 0 bridgehead atoms. The van der Waals surface area contributed by atoms with E-state index in [0.29, 0.717) is 12.8 Å². The predicted molar refractivity (Wildman–Crippen MR) is 115 cm³/mol. The summed E-state index contributed by atoms with van der Waals surface area (Å²) in [5.74, 6) is -0.321. The first-order chi connectivity index (χ1) is 14.6. The summed E-state index contributed by atoms with van der Waals surface area (Å²) >= 11 is 0. The maximum atomic E-state index is 13.1. The lowest BCUT2D eigenvalue weighted by atomic mass is 9.99. The predicted octanol–water partition coefficient (Wildman–Crippen LogP) is 2.84. The molecule has 6 nitrogen and oxygen atoms in total. The zero-order valence-corrected chi connectivity index (χ0v) is 17.2. The van der Waals surface area contributed by atoms with Crippen LogP contribution in [0.2, 0.25) is 0 Å². The molecule has 4 rings (SSSR count). The first kappa shape index (κ1) is 20.1. The normalized spacial score (nSPS) is 19.2. The van der Waals surface area contributed by atoms with Crippen LogP contribution in [0.15, 0.2) is 59.8 Å². The van der Waals surface area contributed by atoms with Gasteiger partial charge in [-0.2, -0.15) is 0 Å². The standard InChI is InChI=1S/C24H27N3O3/c1-17-9-5-6-12-19(17)20-16-22(30-26-20)23(28)25-21(15-18-10-3-2-4-11-18)24(29)27-13-7-8-14-27/h2-6,9-12,21-22H,7-8,13-16H2,1H3,(H,25,28)/t21-,22-/m1/s1. The Bertz CT molecular complexity index is 936. The molecule has 0 aromatic heterocycles. The number of amides is 2. The van der Waals surface area contributed by atoms with E-state index >= 15 is 0 Å². The highest BCUT2D eigenvalue weighted by Crippen LogP contribution is 2.20. The number of likely N-dealkylation sites (tertiary alicyclic amines) is 1. The third kappa shape index (κ3) is 4.53. The van der Waals surface area contributed by atoms with E-state index in [1.165, 1.54) is 0 Å². The lowest BCUT2D eigenvalue weighted by Crippen LogP contribution is -2.51. The van der Waals surface area contributed by atoms with Crippen LogP contribution in [0, 0.1) is 6.92 Å². The minimum absolute atomic E-state index is 0.0252. The van der Waals surface area contributed by atoms with E-state index in [-0.39, 0.29) is 11.8 Å². The quantitative estimate of drug-likeness (QED) is 0.803. The summed E-state index contributed by atoms with van der Waals surface area (Å²) in [6.07, 6.45) is 2.16. The van der Waals surface area contributed by atoms with Crippen LogP contribution in [-0.4, -0.2) is 47.7 Å². The summed E-state index contributed by atoms with van der Waals surface area (Å²) in [5.41, 5.74) is 3.85. The topological polar surface area (TPSA) is 71.0 Å². The van der Waals surface area contributed by atoms with Gasteiger partial charge in [0.2, 0.25) is 12.0 Å². The van der Waals surface area contributed by atoms with Crippen LogP contribution in [0.3, 0.4) is 0 Å². The Labute approximate surface area is 176 Å². The maximum Gasteiger partial charge on any atom is 0.265 e. The van der Waals surface area contributed by atoms with Gasteiger partial charge in [0.25, 0.3) is 5.91 Å². The summed E-state index contributed by atoms with van der Waals surface area (Å²) in [6.45, 7) is 3.51. The second-order valence-electron chi connectivity index (χ2n) is 7.93. The largest absolute Gasteiger partial charge is 0.382 e. The molecule has 0 saturated carbocycles. The maximum absolute atomic E-state index is 13.1. The van der Waals surface area contributed by atoms with Crippen molar-refractivity contribution in [2.45, 2.75) is 44.8 Å². The number of hydrogen-bond acceptors (Lipinski definition) is 4. The van der Waals surface area contributed by atoms with Crippen molar-refractivity contribution in [1.29, 1.82) is 0 Å². The molecule has 0 aliphatic carbocycles. The molecule has 2 heterocycles. The second kappa shape index (κ2) is 9.11. The lowest BCUT2D eigenvalue weighted by Gasteiger charge is -2.25. The number of benzene rings is 2. The van der Waals surface area contributed by atoms with Gasteiger partial charge in [0.05, 0.1) is 5.71 Å². The van der Waals surface area contributed by atoms with Crippen LogP contribution >= 0.6 is 0 Å². The van der Waals surface area contributed by atoms with E-state index in [0.717, 1.165) is 48.3 Å². The Balaban J connectivity index is 1.44. The van der Waals surface area contributed by atoms with E-state index in [9.17, 15) is 9.59 Å². The number of rotatable bonds is 6. The Morgan fingerprint density at radius 3 is 2.53 bits per heavy atom. The molecule has 2 amide bonds. The monoisotopic (exact) mass is 405 g/mol. The molecule has 156 valence electrons. The fourth-order valence-electron chi connectivity index (χ4n) is 4.05. The molecule has 1 saturated heterocycles. The molecule has 2 aliphatic rings. The van der Waals surface area contributed by atoms with Gasteiger partial charge in [-0.25, -0.2) is 0 Å². The molecular weight excluding hydrogens is 378 g/mol. The van der Waals surface area contributed by atoms with Crippen molar-refractivity contribution in [3.05, 3.63) is 71.3 Å². The highest BCUT2D eigenvalue weighted by atomic mass is 16.6. The highest BCUT2D eigenvalue weighted by Gasteiger charge is 2.34. The SMILES string of the molecule is Cc1ccccc1C1=NO[C@@H](C(=O)N[C@H](Cc2ccccc2)C(=O)N2CCCC2)C1. The molecule has 1 fully saturated rings. The van der Waals surface area contributed by atoms with Crippen molar-refractivity contribution >= 4 is 17.5 Å². The van der Waals surface area contributed by atoms with Crippen molar-refractivity contribution in [2.75, 3.05) is 13.1 Å². The first-order valence-electron chi connectivity index (χ1n) is 10.5. The second-order valence-corrected chi connectivity index (χ2v) is 7.93. The van der Waals surface area contributed by atoms with Crippen LogP contribution in [0.1, 0.15) is 36.0 Å². The van der Waals surface area contributed by atoms with Crippen LogP contribution in [-0.2, 0) is 20.8 Å². The summed E-state index contributed by atoms with van der Waals surface area (Å²) in [6, 6.07) is 17.1. The molecule has 0 spiro atoms. The van der Waals surface area contributed by atoms with Gasteiger partial charge in [-0.3, -0.25) is 9.59 Å². The molecule has 2 aromatic rings. The van der Waals surface area contributed by atoms with E-state index < -0.39 is 12.1 Å². The average molecular weight is 405 g/mol. The third-order valence-electron chi connectivity index (χ3n) is 5.73. The molecule has 30 heavy (non-hydrogen) atoms. The van der Waals surface area contributed by atoms with Gasteiger partial charge in [0.1, 0.15) is 6.04 Å². The Hall–Kier alpha value is -3.15. The smallest absolute Gasteiger partial charge is 0.265 e. The van der Waals surface area contributed by atoms with Crippen molar-refractivity contribution in [3.63, 3.8) is 0 Å². The number of hydrogen-bond donors (Lipinski definition) is 1. The molecule has 2 atom stereocenters. The van der Waals surface area contributed by atoms with Crippen molar-refractivity contribution < 1.29 is 14.4 Å². The number of aryl methyl sites for hydroxylation is 1. The highest BCUT2D eigenvalue weighted by molar-refractivity contribution is 6.05. The Morgan fingerprint density at radius 2 is 1.80 bits per heavy atom. The van der Waals surface area contributed by atoms with Gasteiger partial charge in [0, 0.05) is 31.5 Å². The fraction of sp³-hybridized carbons (Fsp3) is 0.375. The summed E-state index contributed by atoms with van der Waals surface area (Å²) < 4.78 is 0. The van der Waals surface area contributed by atoms with E-state index in [4.69, 9.17) is 4.84 Å². The summed E-state index contributed by atoms with van der Waals surface area (Å²) in [5, 5.41) is 7.09. The molecule has 6 heteroatoms. The number of nitrogens with one attached hydrogen (secondary N) is 1. The Kier molecular flexibility index (Phi) is 6.12. The fourth-order valence-corrected chi connectivity index (χ4v) is 4.05. The van der Waals surface area contributed by atoms with Gasteiger partial charge in [-0.05, 0) is 30.9 Å². The number of nitrogens with zero attached hydrogens (tertiary/aromatic N) is 2. The minimum atomic E-state index is -0.718. The van der Waals surface area contributed by atoms with Crippen molar-refractivity contribution in [3.8, 4) is 0 Å². The molecule has 2 aromatic carbocycles. The molecule has 1 N–H and O–H groups in total. The van der Waals surface area contributed by atoms with Crippen molar-refractivity contribution in [1.82, 2.24) is 10.2 Å². The lowest BCUT2D eigenvalue weighted by molar-refractivity contribution is -0.139. The van der Waals surface area contributed by atoms with Gasteiger partial charge in [-0.1, -0.05) is 59.8 Å². The van der Waals surface area contributed by atoms with Crippen LogP contribution < -0.4 is 5.32 Å². The molecular formula is C24H27N3O3. The summed E-state index contributed by atoms with van der Waals surface area (Å²) in [7, 11) is 0. The minimum Gasteiger partial charge on any atom is -0.382 e. The van der Waals surface area contributed by atoms with Gasteiger partial charge in [0.15, 0.2) is 0 Å². The van der Waals surface area contributed by atoms with Gasteiger partial charge >= 0.3 is 0 Å². The number of carbonyl (C=O) groups is 2. The molecule has 0 radical (unpaired) electrons. The van der Waals surface area contributed by atoms with E-state index in [1.807, 2.05) is 66.4 Å². The van der Waals surface area contributed by atoms with Gasteiger partial charge in [-0.15, -0.1) is 0 Å². The van der Waals surface area contributed by atoms with Gasteiger partial charge < -0.3 is 15.1 Å². The Morgan fingerprint density at radius 1 is 1.10 bits per heavy atom.